The minimum absolute atomic E-state index is 0.316. The Labute approximate surface area is 142 Å². The lowest BCUT2D eigenvalue weighted by atomic mass is 10.2. The van der Waals surface area contributed by atoms with E-state index in [-0.39, 0.29) is 0 Å². The molecule has 0 bridgehead atoms. The summed E-state index contributed by atoms with van der Waals surface area (Å²) in [5.74, 6) is 1.65. The summed E-state index contributed by atoms with van der Waals surface area (Å²) < 4.78 is 10.7. The summed E-state index contributed by atoms with van der Waals surface area (Å²) in [5.41, 5.74) is 1.18. The molecular weight excluding hydrogens is 328 g/mol. The predicted molar refractivity (Wildman–Crippen MR) is 93.3 cm³/mol. The second-order valence-electron chi connectivity index (χ2n) is 5.32. The monoisotopic (exact) mass is 344 g/mol. The van der Waals surface area contributed by atoms with E-state index in [4.69, 9.17) is 9.47 Å². The molecule has 0 saturated carbocycles. The summed E-state index contributed by atoms with van der Waals surface area (Å²) in [7, 11) is 0. The number of benzene rings is 1. The van der Waals surface area contributed by atoms with Gasteiger partial charge in [-0.05, 0) is 36.8 Å². The topological polar surface area (TPSA) is 43.4 Å². The number of nitrogens with one attached hydrogen (secondary N) is 1. The lowest BCUT2D eigenvalue weighted by molar-refractivity contribution is 0.174. The van der Waals surface area contributed by atoms with Crippen LogP contribution in [-0.4, -0.2) is 11.8 Å². The number of nitrogens with zero attached hydrogens (tertiary/aromatic N) is 1. The molecule has 0 unspecified atom stereocenters. The van der Waals surface area contributed by atoms with Crippen LogP contribution in [0.4, 0.5) is 0 Å². The third-order valence-corrected chi connectivity index (χ3v) is 5.77. The highest BCUT2D eigenvalue weighted by molar-refractivity contribution is 7.21. The Kier molecular flexibility index (Phi) is 4.03. The van der Waals surface area contributed by atoms with Gasteiger partial charge in [0.15, 0.2) is 11.5 Å². The first-order chi connectivity index (χ1) is 11.3. The van der Waals surface area contributed by atoms with E-state index in [9.17, 15) is 0 Å². The number of ether oxygens (including phenoxy) is 2. The van der Waals surface area contributed by atoms with Gasteiger partial charge in [0.25, 0.3) is 0 Å². The minimum Gasteiger partial charge on any atom is -0.454 e. The number of rotatable bonds is 5. The summed E-state index contributed by atoms with van der Waals surface area (Å²) in [6.07, 6.45) is 1.97. The fourth-order valence-electron chi connectivity index (χ4n) is 2.44. The Morgan fingerprint density at radius 2 is 1.96 bits per heavy atom. The van der Waals surface area contributed by atoms with Gasteiger partial charge in [0.2, 0.25) is 6.79 Å². The first-order valence-corrected chi connectivity index (χ1v) is 9.02. The Balaban J connectivity index is 1.35. The lowest BCUT2D eigenvalue weighted by Gasteiger charge is -2.04. The van der Waals surface area contributed by atoms with Crippen LogP contribution in [-0.2, 0) is 13.1 Å². The summed E-state index contributed by atoms with van der Waals surface area (Å²) in [4.78, 5) is 8.37. The Bertz CT molecular complexity index is 826. The molecule has 0 radical (unpaired) electrons. The number of aromatic nitrogens is 1. The van der Waals surface area contributed by atoms with Crippen molar-refractivity contribution >= 4 is 22.7 Å². The number of thiophene rings is 1. The Morgan fingerprint density at radius 1 is 1.04 bits per heavy atom. The van der Waals surface area contributed by atoms with Crippen LogP contribution in [0.1, 0.15) is 15.4 Å². The molecule has 4 rings (SSSR count). The molecule has 2 aromatic heterocycles. The highest BCUT2D eigenvalue weighted by atomic mass is 32.1. The van der Waals surface area contributed by atoms with E-state index >= 15 is 0 Å². The molecular formula is C17H16N2O2S2. The van der Waals surface area contributed by atoms with Gasteiger partial charge in [-0.3, -0.25) is 0 Å². The van der Waals surface area contributed by atoms with E-state index in [1.165, 1.54) is 20.2 Å². The SMILES string of the molecule is Cc1ccc(-c2cnc(CNCc3ccc4c(c3)OCO4)s2)s1. The normalized spacial score (nSPS) is 12.7. The second kappa shape index (κ2) is 6.31. The average molecular weight is 344 g/mol. The fourth-order valence-corrected chi connectivity index (χ4v) is 4.27. The van der Waals surface area contributed by atoms with Gasteiger partial charge in [0.05, 0.1) is 4.88 Å². The largest absolute Gasteiger partial charge is 0.454 e. The number of hydrogen-bond acceptors (Lipinski definition) is 6. The predicted octanol–water partition coefficient (Wildman–Crippen LogP) is 4.20. The zero-order valence-electron chi connectivity index (χ0n) is 12.7. The molecule has 23 heavy (non-hydrogen) atoms. The van der Waals surface area contributed by atoms with Crippen molar-refractivity contribution in [3.05, 3.63) is 52.0 Å². The van der Waals surface area contributed by atoms with E-state index in [1.807, 2.05) is 29.7 Å². The van der Waals surface area contributed by atoms with Gasteiger partial charge in [-0.15, -0.1) is 22.7 Å². The highest BCUT2D eigenvalue weighted by Gasteiger charge is 2.13. The third kappa shape index (κ3) is 3.24. The minimum atomic E-state index is 0.316. The van der Waals surface area contributed by atoms with Gasteiger partial charge >= 0.3 is 0 Å². The molecule has 0 saturated heterocycles. The van der Waals surface area contributed by atoms with E-state index in [2.05, 4.69) is 35.4 Å². The van der Waals surface area contributed by atoms with Crippen molar-refractivity contribution in [1.82, 2.24) is 10.3 Å². The van der Waals surface area contributed by atoms with Crippen LogP contribution in [0.2, 0.25) is 0 Å². The summed E-state index contributed by atoms with van der Waals surface area (Å²) in [5, 5.41) is 4.54. The number of hydrogen-bond donors (Lipinski definition) is 1. The quantitative estimate of drug-likeness (QED) is 0.753. The molecule has 0 amide bonds. The van der Waals surface area contributed by atoms with Gasteiger partial charge in [-0.2, -0.15) is 0 Å². The first kappa shape index (κ1) is 14.7. The van der Waals surface area contributed by atoms with Gasteiger partial charge in [-0.1, -0.05) is 6.07 Å². The smallest absolute Gasteiger partial charge is 0.231 e. The van der Waals surface area contributed by atoms with Crippen molar-refractivity contribution in [1.29, 1.82) is 0 Å². The van der Waals surface area contributed by atoms with Crippen molar-refractivity contribution in [2.24, 2.45) is 0 Å². The molecule has 4 nitrogen and oxygen atoms in total. The van der Waals surface area contributed by atoms with Gasteiger partial charge < -0.3 is 14.8 Å². The molecule has 3 aromatic rings. The van der Waals surface area contributed by atoms with Gasteiger partial charge in [0, 0.05) is 29.0 Å². The average Bonchev–Trinajstić information content (AvgIpc) is 3.26. The van der Waals surface area contributed by atoms with Crippen molar-refractivity contribution in [2.45, 2.75) is 20.0 Å². The molecule has 1 aliphatic rings. The molecule has 0 atom stereocenters. The maximum absolute atomic E-state index is 5.40. The Morgan fingerprint density at radius 3 is 2.83 bits per heavy atom. The zero-order valence-corrected chi connectivity index (χ0v) is 14.3. The van der Waals surface area contributed by atoms with Gasteiger partial charge in [0.1, 0.15) is 5.01 Å². The maximum atomic E-state index is 5.40. The highest BCUT2D eigenvalue weighted by Crippen LogP contribution is 2.33. The van der Waals surface area contributed by atoms with E-state index in [1.54, 1.807) is 11.3 Å². The molecule has 0 spiro atoms. The lowest BCUT2D eigenvalue weighted by Crippen LogP contribution is -2.12. The van der Waals surface area contributed by atoms with E-state index in [0.29, 0.717) is 6.79 Å². The molecule has 1 aliphatic heterocycles. The van der Waals surface area contributed by atoms with Gasteiger partial charge in [-0.25, -0.2) is 4.98 Å². The molecule has 118 valence electrons. The zero-order chi connectivity index (χ0) is 15.6. The molecule has 0 aliphatic carbocycles. The second-order valence-corrected chi connectivity index (χ2v) is 7.72. The molecule has 1 aromatic carbocycles. The molecule has 3 heterocycles. The number of aryl methyl sites for hydroxylation is 1. The van der Waals surface area contributed by atoms with Crippen molar-refractivity contribution in [3.8, 4) is 21.3 Å². The van der Waals surface area contributed by atoms with E-state index < -0.39 is 0 Å². The van der Waals surface area contributed by atoms with Crippen LogP contribution in [0.3, 0.4) is 0 Å². The van der Waals surface area contributed by atoms with Crippen molar-refractivity contribution in [2.75, 3.05) is 6.79 Å². The standard InChI is InChI=1S/C17H16N2O2S2/c1-11-2-5-15(22-11)16-8-19-17(23-16)9-18-7-12-3-4-13-14(6-12)21-10-20-13/h2-6,8,18H,7,9-10H2,1H3. The van der Waals surface area contributed by atoms with Crippen LogP contribution >= 0.6 is 22.7 Å². The third-order valence-electron chi connectivity index (χ3n) is 3.58. The van der Waals surface area contributed by atoms with Crippen LogP contribution < -0.4 is 14.8 Å². The summed E-state index contributed by atoms with van der Waals surface area (Å²) in [6.45, 7) is 3.99. The van der Waals surface area contributed by atoms with Crippen LogP contribution in [0.25, 0.3) is 9.75 Å². The van der Waals surface area contributed by atoms with Crippen LogP contribution in [0.5, 0.6) is 11.5 Å². The number of fused-ring (bicyclic) bond motifs is 1. The van der Waals surface area contributed by atoms with Crippen LogP contribution in [0.15, 0.2) is 36.5 Å². The molecule has 1 N–H and O–H groups in total. The van der Waals surface area contributed by atoms with Crippen molar-refractivity contribution < 1.29 is 9.47 Å². The molecule has 0 fully saturated rings. The van der Waals surface area contributed by atoms with Crippen molar-refractivity contribution in [3.63, 3.8) is 0 Å². The van der Waals surface area contributed by atoms with E-state index in [0.717, 1.165) is 29.6 Å². The summed E-state index contributed by atoms with van der Waals surface area (Å²) in [6, 6.07) is 10.4. The number of thiazole rings is 1. The molecule has 6 heteroatoms. The fraction of sp³-hybridized carbons (Fsp3) is 0.235. The maximum Gasteiger partial charge on any atom is 0.231 e. The Hall–Kier alpha value is -1.89. The first-order valence-electron chi connectivity index (χ1n) is 7.39. The summed E-state index contributed by atoms with van der Waals surface area (Å²) >= 11 is 3.56. The van der Waals surface area contributed by atoms with Crippen LogP contribution in [0, 0.1) is 6.92 Å².